The molecular formula is C21H35N5O3S. The van der Waals surface area contributed by atoms with Gasteiger partial charge >= 0.3 is 0 Å². The molecule has 0 aromatic carbocycles. The van der Waals surface area contributed by atoms with Crippen LogP contribution in [0.15, 0.2) is 12.5 Å². The van der Waals surface area contributed by atoms with Gasteiger partial charge in [0.05, 0.1) is 18.2 Å². The molecule has 1 fully saturated rings. The van der Waals surface area contributed by atoms with E-state index in [4.69, 9.17) is 19.9 Å². The number of hydrogen-bond acceptors (Lipinski definition) is 8. The SMILES string of the molecule is CCCCOCn1cc(CNC[C@@H]2COC(C)(C)O[C@H]2CSC)c2ncnc(N)c21. The summed E-state index contributed by atoms with van der Waals surface area (Å²) in [6.45, 7) is 9.46. The number of nitrogens with one attached hydrogen (secondary N) is 1. The van der Waals surface area contributed by atoms with Gasteiger partial charge < -0.3 is 29.8 Å². The first kappa shape index (κ1) is 23.3. The Morgan fingerprint density at radius 2 is 2.23 bits per heavy atom. The zero-order valence-corrected chi connectivity index (χ0v) is 19.3. The molecule has 0 saturated carbocycles. The summed E-state index contributed by atoms with van der Waals surface area (Å²) in [5.41, 5.74) is 8.92. The number of unbranched alkanes of at least 4 members (excludes halogenated alkanes) is 1. The minimum absolute atomic E-state index is 0.169. The van der Waals surface area contributed by atoms with Gasteiger partial charge in [0.25, 0.3) is 0 Å². The molecule has 0 unspecified atom stereocenters. The monoisotopic (exact) mass is 437 g/mol. The second-order valence-corrected chi connectivity index (χ2v) is 9.10. The van der Waals surface area contributed by atoms with Gasteiger partial charge in [0.1, 0.15) is 18.6 Å². The van der Waals surface area contributed by atoms with Crippen molar-refractivity contribution in [2.45, 2.75) is 58.8 Å². The molecule has 8 nitrogen and oxygen atoms in total. The Hall–Kier alpha value is -1.39. The van der Waals surface area contributed by atoms with Crippen LogP contribution in [-0.2, 0) is 27.5 Å². The number of thioether (sulfide) groups is 1. The number of anilines is 1. The lowest BCUT2D eigenvalue weighted by Gasteiger charge is -2.41. The van der Waals surface area contributed by atoms with Crippen molar-refractivity contribution in [2.75, 3.05) is 37.5 Å². The number of fused-ring (bicyclic) bond motifs is 1. The summed E-state index contributed by atoms with van der Waals surface area (Å²) >= 11 is 1.80. The molecule has 0 radical (unpaired) electrons. The molecule has 1 saturated heterocycles. The van der Waals surface area contributed by atoms with E-state index < -0.39 is 5.79 Å². The third kappa shape index (κ3) is 5.85. The van der Waals surface area contributed by atoms with Crippen LogP contribution < -0.4 is 11.1 Å². The maximum atomic E-state index is 6.14. The van der Waals surface area contributed by atoms with Crippen molar-refractivity contribution >= 4 is 28.6 Å². The molecule has 2 aromatic rings. The Morgan fingerprint density at radius 3 is 3.00 bits per heavy atom. The summed E-state index contributed by atoms with van der Waals surface area (Å²) in [6.07, 6.45) is 8.00. The Bertz CT molecular complexity index is 813. The zero-order valence-electron chi connectivity index (χ0n) is 18.5. The number of nitrogens with two attached hydrogens (primary N) is 1. The Labute approximate surface area is 183 Å². The normalized spacial score (nSPS) is 21.3. The van der Waals surface area contributed by atoms with Gasteiger partial charge in [0.2, 0.25) is 0 Å². The summed E-state index contributed by atoms with van der Waals surface area (Å²) in [5.74, 6) is 1.21. The second kappa shape index (κ2) is 10.8. The average molecular weight is 438 g/mol. The minimum atomic E-state index is -0.517. The van der Waals surface area contributed by atoms with Gasteiger partial charge in [-0.2, -0.15) is 11.8 Å². The second-order valence-electron chi connectivity index (χ2n) is 8.18. The fourth-order valence-electron chi connectivity index (χ4n) is 3.69. The summed E-state index contributed by atoms with van der Waals surface area (Å²) in [4.78, 5) is 8.63. The molecule has 2 atom stereocenters. The molecule has 1 aliphatic rings. The van der Waals surface area contributed by atoms with Crippen molar-refractivity contribution in [3.8, 4) is 0 Å². The van der Waals surface area contributed by atoms with Crippen molar-refractivity contribution in [3.05, 3.63) is 18.1 Å². The highest BCUT2D eigenvalue weighted by molar-refractivity contribution is 7.98. The predicted molar refractivity (Wildman–Crippen MR) is 121 cm³/mol. The van der Waals surface area contributed by atoms with E-state index >= 15 is 0 Å². The van der Waals surface area contributed by atoms with Crippen LogP contribution in [0.5, 0.6) is 0 Å². The van der Waals surface area contributed by atoms with Crippen LogP contribution in [0.4, 0.5) is 5.82 Å². The Balaban J connectivity index is 1.65. The standard InChI is InChI=1S/C21H35N5O3S/c1-5-6-7-27-14-26-10-15(18-19(26)20(22)25-13-24-18)8-23-9-16-11-28-21(2,3)29-17(16)12-30-4/h10,13,16-17,23H,5-9,11-12,14H2,1-4H3,(H2,22,24,25)/t16-,17+/m1/s1. The first-order valence-corrected chi connectivity index (χ1v) is 12.0. The van der Waals surface area contributed by atoms with Gasteiger partial charge in [-0.05, 0) is 26.5 Å². The first-order valence-electron chi connectivity index (χ1n) is 10.6. The predicted octanol–water partition coefficient (Wildman–Crippen LogP) is 3.01. The largest absolute Gasteiger partial charge is 0.382 e. The third-order valence-corrected chi connectivity index (χ3v) is 5.95. The fraction of sp³-hybridized carbons (Fsp3) is 0.714. The van der Waals surface area contributed by atoms with Gasteiger partial charge in [-0.15, -0.1) is 0 Å². The molecule has 0 spiro atoms. The smallest absolute Gasteiger partial charge is 0.163 e. The van der Waals surface area contributed by atoms with Crippen LogP contribution >= 0.6 is 11.8 Å². The highest BCUT2D eigenvalue weighted by atomic mass is 32.2. The molecule has 2 aromatic heterocycles. The Kier molecular flexibility index (Phi) is 8.35. The third-order valence-electron chi connectivity index (χ3n) is 5.29. The van der Waals surface area contributed by atoms with E-state index in [9.17, 15) is 0 Å². The lowest BCUT2D eigenvalue weighted by Crippen LogP contribution is -2.49. The van der Waals surface area contributed by atoms with Crippen LogP contribution in [-0.4, -0.2) is 58.2 Å². The summed E-state index contributed by atoms with van der Waals surface area (Å²) in [6, 6.07) is 0. The van der Waals surface area contributed by atoms with Crippen LogP contribution in [0.25, 0.3) is 11.0 Å². The summed E-state index contributed by atoms with van der Waals surface area (Å²) in [5, 5.41) is 3.56. The van der Waals surface area contributed by atoms with Crippen LogP contribution in [0.2, 0.25) is 0 Å². The van der Waals surface area contributed by atoms with Gasteiger partial charge in [-0.3, -0.25) is 0 Å². The fourth-order valence-corrected chi connectivity index (χ4v) is 4.36. The molecule has 3 heterocycles. The number of nitrogens with zero attached hydrogens (tertiary/aromatic N) is 3. The Morgan fingerprint density at radius 1 is 1.40 bits per heavy atom. The van der Waals surface area contributed by atoms with E-state index in [-0.39, 0.29) is 6.10 Å². The highest BCUT2D eigenvalue weighted by Gasteiger charge is 2.35. The van der Waals surface area contributed by atoms with E-state index in [0.29, 0.717) is 31.6 Å². The average Bonchev–Trinajstić information content (AvgIpc) is 3.06. The number of hydrogen-bond donors (Lipinski definition) is 2. The highest BCUT2D eigenvalue weighted by Crippen LogP contribution is 2.28. The number of aromatic nitrogens is 3. The quantitative estimate of drug-likeness (QED) is 0.518. The first-order chi connectivity index (χ1) is 14.4. The summed E-state index contributed by atoms with van der Waals surface area (Å²) < 4.78 is 19.8. The molecule has 0 aliphatic carbocycles. The topological polar surface area (TPSA) is 96.5 Å². The lowest BCUT2D eigenvalue weighted by molar-refractivity contribution is -0.286. The van der Waals surface area contributed by atoms with E-state index in [0.717, 1.165) is 48.3 Å². The number of ether oxygens (including phenoxy) is 3. The van der Waals surface area contributed by atoms with E-state index in [1.165, 1.54) is 6.33 Å². The van der Waals surface area contributed by atoms with Gasteiger partial charge in [-0.25, -0.2) is 9.97 Å². The molecule has 3 rings (SSSR count). The van der Waals surface area contributed by atoms with Crippen molar-refractivity contribution in [1.29, 1.82) is 0 Å². The minimum Gasteiger partial charge on any atom is -0.382 e. The van der Waals surface area contributed by atoms with Crippen LogP contribution in [0.1, 0.15) is 39.2 Å². The molecule has 3 N–H and O–H groups in total. The zero-order chi connectivity index (χ0) is 21.6. The van der Waals surface area contributed by atoms with Crippen LogP contribution in [0.3, 0.4) is 0 Å². The molecule has 9 heteroatoms. The van der Waals surface area contributed by atoms with Gasteiger partial charge in [0, 0.05) is 43.1 Å². The molecule has 0 amide bonds. The van der Waals surface area contributed by atoms with Crippen molar-refractivity contribution < 1.29 is 14.2 Å². The van der Waals surface area contributed by atoms with Crippen molar-refractivity contribution in [2.24, 2.45) is 5.92 Å². The van der Waals surface area contributed by atoms with E-state index in [1.54, 1.807) is 11.8 Å². The molecule has 0 bridgehead atoms. The van der Waals surface area contributed by atoms with Gasteiger partial charge in [-0.1, -0.05) is 13.3 Å². The van der Waals surface area contributed by atoms with Crippen LogP contribution in [0, 0.1) is 5.92 Å². The summed E-state index contributed by atoms with van der Waals surface area (Å²) in [7, 11) is 0. The maximum Gasteiger partial charge on any atom is 0.163 e. The molecule has 30 heavy (non-hydrogen) atoms. The molecule has 168 valence electrons. The maximum absolute atomic E-state index is 6.14. The number of nitrogen functional groups attached to an aromatic ring is 1. The van der Waals surface area contributed by atoms with E-state index in [1.807, 2.05) is 18.4 Å². The van der Waals surface area contributed by atoms with Crippen molar-refractivity contribution in [1.82, 2.24) is 19.9 Å². The molecule has 1 aliphatic heterocycles. The van der Waals surface area contributed by atoms with E-state index in [2.05, 4.69) is 34.7 Å². The number of rotatable bonds is 11. The van der Waals surface area contributed by atoms with Crippen molar-refractivity contribution in [3.63, 3.8) is 0 Å². The van der Waals surface area contributed by atoms with Gasteiger partial charge in [0.15, 0.2) is 11.6 Å². The molecular weight excluding hydrogens is 402 g/mol. The lowest BCUT2D eigenvalue weighted by atomic mass is 10.0.